The summed E-state index contributed by atoms with van der Waals surface area (Å²) in [4.78, 5) is 21.5. The number of aromatic nitrogens is 1. The second kappa shape index (κ2) is 9.49. The molecule has 2 aromatic carbocycles. The normalized spacial score (nSPS) is 14.6. The fraction of sp³-hybridized carbons (Fsp3) is 0.364. The molecule has 7 nitrogen and oxygen atoms in total. The van der Waals surface area contributed by atoms with Crippen LogP contribution in [0.5, 0.6) is 11.5 Å². The Kier molecular flexibility index (Phi) is 6.53. The molecule has 0 unspecified atom stereocenters. The van der Waals surface area contributed by atoms with Crippen LogP contribution in [0.2, 0.25) is 0 Å². The van der Waals surface area contributed by atoms with E-state index in [0.29, 0.717) is 29.1 Å². The number of hydrogen-bond donors (Lipinski definition) is 1. The fourth-order valence-corrected chi connectivity index (χ4v) is 4.72. The summed E-state index contributed by atoms with van der Waals surface area (Å²) in [6.07, 6.45) is 0. The molecule has 164 valence electrons. The molecule has 4 rings (SSSR count). The number of benzene rings is 2. The Balaban J connectivity index is 1.28. The van der Waals surface area contributed by atoms with Gasteiger partial charge >= 0.3 is 0 Å². The van der Waals surface area contributed by atoms with Crippen LogP contribution < -0.4 is 19.7 Å². The van der Waals surface area contributed by atoms with Crippen molar-refractivity contribution in [2.75, 3.05) is 58.4 Å². The van der Waals surface area contributed by atoms with Crippen molar-refractivity contribution in [3.8, 4) is 11.5 Å². The summed E-state index contributed by atoms with van der Waals surface area (Å²) in [5, 5.41) is 3.82. The van der Waals surface area contributed by atoms with Gasteiger partial charge in [0.2, 0.25) is 0 Å². The van der Waals surface area contributed by atoms with E-state index in [2.05, 4.69) is 20.1 Å². The fourth-order valence-electron chi connectivity index (χ4n) is 3.69. The van der Waals surface area contributed by atoms with E-state index in [4.69, 9.17) is 9.47 Å². The summed E-state index contributed by atoms with van der Waals surface area (Å²) in [7, 11) is 3.07. The molecule has 0 spiro atoms. The predicted octanol–water partition coefficient (Wildman–Crippen LogP) is 3.00. The number of thiazole rings is 1. The monoisotopic (exact) mass is 444 g/mol. The van der Waals surface area contributed by atoms with Crippen molar-refractivity contribution in [2.45, 2.75) is 0 Å². The first-order chi connectivity index (χ1) is 15.1. The molecule has 0 aliphatic carbocycles. The molecule has 1 aliphatic heterocycles. The lowest BCUT2D eigenvalue weighted by atomic mass is 10.1. The standard InChI is InChI=1S/C22H25FN4O3S/c1-29-17-7-3-5-15(20(17)30-2)21(28)24-9-10-26-11-13-27(14-12-26)22-25-19-16(23)6-4-8-18(19)31-22/h3-8H,9-14H2,1-2H3,(H,24,28). The number of halogens is 1. The van der Waals surface area contributed by atoms with Crippen molar-refractivity contribution in [3.05, 3.63) is 47.8 Å². The second-order valence-corrected chi connectivity index (χ2v) is 8.22. The number of piperazine rings is 1. The van der Waals surface area contributed by atoms with Crippen molar-refractivity contribution >= 4 is 32.6 Å². The van der Waals surface area contributed by atoms with Crippen LogP contribution in [0.4, 0.5) is 9.52 Å². The van der Waals surface area contributed by atoms with Crippen molar-refractivity contribution < 1.29 is 18.7 Å². The zero-order valence-corrected chi connectivity index (χ0v) is 18.4. The molecule has 1 amide bonds. The summed E-state index contributed by atoms with van der Waals surface area (Å²) < 4.78 is 25.4. The summed E-state index contributed by atoms with van der Waals surface area (Å²) >= 11 is 1.52. The van der Waals surface area contributed by atoms with Crippen LogP contribution in [0.1, 0.15) is 10.4 Å². The first-order valence-electron chi connectivity index (χ1n) is 10.1. The Bertz CT molecular complexity index is 1070. The SMILES string of the molecule is COc1cccc(C(=O)NCCN2CCN(c3nc4c(F)cccc4s3)CC2)c1OC. The third kappa shape index (κ3) is 4.57. The number of fused-ring (bicyclic) bond motifs is 1. The molecule has 1 N–H and O–H groups in total. The Hall–Kier alpha value is -2.91. The summed E-state index contributed by atoms with van der Waals surface area (Å²) in [6.45, 7) is 4.64. The van der Waals surface area contributed by atoms with Gasteiger partial charge in [0, 0.05) is 39.3 Å². The van der Waals surface area contributed by atoms with E-state index < -0.39 is 0 Å². The zero-order valence-electron chi connectivity index (χ0n) is 17.6. The van der Waals surface area contributed by atoms with Crippen molar-refractivity contribution in [1.82, 2.24) is 15.2 Å². The summed E-state index contributed by atoms with van der Waals surface area (Å²) in [6, 6.07) is 10.3. The van der Waals surface area contributed by atoms with E-state index in [-0.39, 0.29) is 11.7 Å². The molecule has 0 bridgehead atoms. The zero-order chi connectivity index (χ0) is 21.8. The average molecular weight is 445 g/mol. The van der Waals surface area contributed by atoms with E-state index in [1.165, 1.54) is 24.5 Å². The third-order valence-electron chi connectivity index (χ3n) is 5.36. The highest BCUT2D eigenvalue weighted by molar-refractivity contribution is 7.22. The van der Waals surface area contributed by atoms with Crippen LogP contribution >= 0.6 is 11.3 Å². The minimum atomic E-state index is -0.276. The number of hydrogen-bond acceptors (Lipinski definition) is 7. The maximum absolute atomic E-state index is 13.9. The van der Waals surface area contributed by atoms with Gasteiger partial charge < -0.3 is 19.7 Å². The molecule has 1 aliphatic rings. The van der Waals surface area contributed by atoms with Crippen LogP contribution in [0.3, 0.4) is 0 Å². The maximum Gasteiger partial charge on any atom is 0.255 e. The van der Waals surface area contributed by atoms with E-state index in [9.17, 15) is 9.18 Å². The Morgan fingerprint density at radius 3 is 2.61 bits per heavy atom. The molecule has 0 radical (unpaired) electrons. The molecule has 3 aromatic rings. The van der Waals surface area contributed by atoms with Crippen LogP contribution in [-0.4, -0.2) is 69.3 Å². The molecule has 2 heterocycles. The summed E-state index contributed by atoms with van der Waals surface area (Å²) in [5.74, 6) is 0.498. The van der Waals surface area contributed by atoms with Gasteiger partial charge in [-0.2, -0.15) is 0 Å². The summed E-state index contributed by atoms with van der Waals surface area (Å²) in [5.41, 5.74) is 0.898. The average Bonchev–Trinajstić information content (AvgIpc) is 3.24. The Morgan fingerprint density at radius 2 is 1.90 bits per heavy atom. The van der Waals surface area contributed by atoms with Gasteiger partial charge in [0.05, 0.1) is 24.5 Å². The van der Waals surface area contributed by atoms with Gasteiger partial charge in [0.25, 0.3) is 5.91 Å². The van der Waals surface area contributed by atoms with Gasteiger partial charge in [0.1, 0.15) is 11.3 Å². The minimum Gasteiger partial charge on any atom is -0.493 e. The van der Waals surface area contributed by atoms with Crippen LogP contribution in [0, 0.1) is 5.82 Å². The van der Waals surface area contributed by atoms with Gasteiger partial charge in [-0.25, -0.2) is 9.37 Å². The van der Waals surface area contributed by atoms with E-state index in [1.54, 1.807) is 31.4 Å². The van der Waals surface area contributed by atoms with Gasteiger partial charge in [0.15, 0.2) is 16.6 Å². The number of amides is 1. The van der Waals surface area contributed by atoms with Crippen LogP contribution in [0.15, 0.2) is 36.4 Å². The highest BCUT2D eigenvalue weighted by Gasteiger charge is 2.21. The Labute approximate surface area is 184 Å². The molecular weight excluding hydrogens is 419 g/mol. The van der Waals surface area contributed by atoms with E-state index >= 15 is 0 Å². The number of carbonyl (C=O) groups excluding carboxylic acids is 1. The topological polar surface area (TPSA) is 66.9 Å². The smallest absolute Gasteiger partial charge is 0.255 e. The van der Waals surface area contributed by atoms with E-state index in [1.807, 2.05) is 6.07 Å². The third-order valence-corrected chi connectivity index (χ3v) is 6.44. The molecule has 0 saturated carbocycles. The van der Waals surface area contributed by atoms with Crippen molar-refractivity contribution in [2.24, 2.45) is 0 Å². The predicted molar refractivity (Wildman–Crippen MR) is 120 cm³/mol. The van der Waals surface area contributed by atoms with Crippen LogP contribution in [-0.2, 0) is 0 Å². The van der Waals surface area contributed by atoms with Gasteiger partial charge in [-0.05, 0) is 24.3 Å². The molecule has 31 heavy (non-hydrogen) atoms. The van der Waals surface area contributed by atoms with Crippen molar-refractivity contribution in [3.63, 3.8) is 0 Å². The quantitative estimate of drug-likeness (QED) is 0.604. The minimum absolute atomic E-state index is 0.189. The molecule has 1 saturated heterocycles. The number of nitrogens with zero attached hydrogens (tertiary/aromatic N) is 3. The van der Waals surface area contributed by atoms with Gasteiger partial charge in [-0.3, -0.25) is 9.69 Å². The van der Waals surface area contributed by atoms with Gasteiger partial charge in [-0.1, -0.05) is 23.5 Å². The maximum atomic E-state index is 13.9. The molecule has 9 heteroatoms. The van der Waals surface area contributed by atoms with Gasteiger partial charge in [-0.15, -0.1) is 0 Å². The van der Waals surface area contributed by atoms with E-state index in [0.717, 1.165) is 42.6 Å². The number of carbonyl (C=O) groups is 1. The van der Waals surface area contributed by atoms with Crippen LogP contribution in [0.25, 0.3) is 10.2 Å². The second-order valence-electron chi connectivity index (χ2n) is 7.21. The van der Waals surface area contributed by atoms with Crippen molar-refractivity contribution in [1.29, 1.82) is 0 Å². The highest BCUT2D eigenvalue weighted by atomic mass is 32.1. The number of para-hydroxylation sites is 2. The number of rotatable bonds is 7. The molecule has 1 aromatic heterocycles. The number of anilines is 1. The number of ether oxygens (including phenoxy) is 2. The largest absolute Gasteiger partial charge is 0.493 e. The number of nitrogens with one attached hydrogen (secondary N) is 1. The number of methoxy groups -OCH3 is 2. The highest BCUT2D eigenvalue weighted by Crippen LogP contribution is 2.31. The molecule has 1 fully saturated rings. The lowest BCUT2D eigenvalue weighted by Crippen LogP contribution is -2.48. The lowest BCUT2D eigenvalue weighted by molar-refractivity contribution is 0.0944. The lowest BCUT2D eigenvalue weighted by Gasteiger charge is -2.34. The first kappa shape index (κ1) is 21.3. The Morgan fingerprint density at radius 1 is 1.13 bits per heavy atom. The first-order valence-corrected chi connectivity index (χ1v) is 10.9. The molecule has 0 atom stereocenters. The molecular formula is C22H25FN4O3S.